The molecule has 0 saturated carbocycles. The van der Waals surface area contributed by atoms with Crippen molar-refractivity contribution >= 4 is 11.8 Å². The van der Waals surface area contributed by atoms with Crippen molar-refractivity contribution in [1.29, 1.82) is 0 Å². The number of thioether (sulfide) groups is 1. The molecular weight excluding hydrogens is 158 g/mol. The highest BCUT2D eigenvalue weighted by Crippen LogP contribution is 2.12. The molecule has 1 heterocycles. The maximum atomic E-state index is 11.2. The second-order valence-electron chi connectivity index (χ2n) is 2.48. The van der Waals surface area contributed by atoms with E-state index in [1.807, 2.05) is 25.4 Å². The van der Waals surface area contributed by atoms with Crippen LogP contribution in [0.4, 0.5) is 0 Å². The summed E-state index contributed by atoms with van der Waals surface area (Å²) in [5.74, 6) is 0. The van der Waals surface area contributed by atoms with Gasteiger partial charge in [-0.1, -0.05) is 0 Å². The van der Waals surface area contributed by atoms with Crippen LogP contribution in [0.15, 0.2) is 22.0 Å². The third-order valence-corrected chi connectivity index (χ3v) is 2.27. The molecule has 0 unspecified atom stereocenters. The normalized spacial score (nSPS) is 10.1. The van der Waals surface area contributed by atoms with Gasteiger partial charge in [0.25, 0.3) is 5.56 Å². The Morgan fingerprint density at radius 2 is 2.18 bits per heavy atom. The van der Waals surface area contributed by atoms with Crippen molar-refractivity contribution in [3.63, 3.8) is 0 Å². The third-order valence-electron chi connectivity index (χ3n) is 1.57. The summed E-state index contributed by atoms with van der Waals surface area (Å²) in [7, 11) is 1.77. The largest absolute Gasteiger partial charge is 0.317 e. The van der Waals surface area contributed by atoms with Crippen LogP contribution in [-0.2, 0) is 7.05 Å². The summed E-state index contributed by atoms with van der Waals surface area (Å²) in [6, 6.07) is 1.91. The average molecular weight is 169 g/mol. The monoisotopic (exact) mass is 169 g/mol. The van der Waals surface area contributed by atoms with Crippen LogP contribution in [0.2, 0.25) is 0 Å². The Morgan fingerprint density at radius 1 is 1.55 bits per heavy atom. The lowest BCUT2D eigenvalue weighted by molar-refractivity contribution is 0.828. The molecule has 1 aromatic heterocycles. The lowest BCUT2D eigenvalue weighted by atomic mass is 10.3. The summed E-state index contributed by atoms with van der Waals surface area (Å²) in [5.41, 5.74) is 0.891. The maximum absolute atomic E-state index is 11.2. The Hall–Kier alpha value is -0.700. The van der Waals surface area contributed by atoms with Crippen LogP contribution in [-0.4, -0.2) is 10.8 Å². The third kappa shape index (κ3) is 1.66. The van der Waals surface area contributed by atoms with Crippen molar-refractivity contribution in [3.05, 3.63) is 28.2 Å². The van der Waals surface area contributed by atoms with E-state index in [0.717, 1.165) is 10.5 Å². The molecule has 11 heavy (non-hydrogen) atoms. The Kier molecular flexibility index (Phi) is 2.39. The Bertz CT molecular complexity index is 290. The van der Waals surface area contributed by atoms with E-state index in [-0.39, 0.29) is 5.56 Å². The van der Waals surface area contributed by atoms with Gasteiger partial charge in [0.2, 0.25) is 0 Å². The Morgan fingerprint density at radius 3 is 2.64 bits per heavy atom. The zero-order valence-corrected chi connectivity index (χ0v) is 7.73. The molecule has 0 amide bonds. The van der Waals surface area contributed by atoms with Crippen molar-refractivity contribution in [2.45, 2.75) is 11.8 Å². The van der Waals surface area contributed by atoms with Crippen LogP contribution in [0, 0.1) is 6.92 Å². The topological polar surface area (TPSA) is 22.0 Å². The molecule has 0 saturated heterocycles. The summed E-state index contributed by atoms with van der Waals surface area (Å²) < 4.78 is 1.61. The molecule has 0 N–H and O–H groups in total. The van der Waals surface area contributed by atoms with E-state index in [0.29, 0.717) is 0 Å². The predicted molar refractivity (Wildman–Crippen MR) is 48.2 cm³/mol. The molecule has 1 rings (SSSR count). The summed E-state index contributed by atoms with van der Waals surface area (Å²) in [6.07, 6.45) is 3.85. The van der Waals surface area contributed by atoms with Crippen molar-refractivity contribution in [2.75, 3.05) is 6.26 Å². The highest BCUT2D eigenvalue weighted by molar-refractivity contribution is 7.98. The molecule has 0 aliphatic heterocycles. The molecule has 60 valence electrons. The summed E-state index contributed by atoms with van der Waals surface area (Å²) >= 11 is 1.65. The Labute approximate surface area is 70.2 Å². The Balaban J connectivity index is 3.32. The van der Waals surface area contributed by atoms with Crippen LogP contribution in [0.25, 0.3) is 0 Å². The van der Waals surface area contributed by atoms with Crippen molar-refractivity contribution in [3.8, 4) is 0 Å². The lowest BCUT2D eigenvalue weighted by Crippen LogP contribution is -2.18. The fraction of sp³-hybridized carbons (Fsp3) is 0.375. The first-order valence-corrected chi connectivity index (χ1v) is 4.59. The molecule has 0 bridgehead atoms. The lowest BCUT2D eigenvalue weighted by Gasteiger charge is -2.01. The first-order chi connectivity index (χ1) is 5.15. The fourth-order valence-corrected chi connectivity index (χ4v) is 1.51. The molecule has 0 radical (unpaired) electrons. The molecule has 0 fully saturated rings. The van der Waals surface area contributed by atoms with Crippen molar-refractivity contribution in [2.24, 2.45) is 7.05 Å². The van der Waals surface area contributed by atoms with E-state index in [4.69, 9.17) is 0 Å². The number of pyridine rings is 1. The first-order valence-electron chi connectivity index (χ1n) is 3.36. The molecule has 1 aromatic rings. The van der Waals surface area contributed by atoms with Gasteiger partial charge in [-0.15, -0.1) is 11.8 Å². The number of aryl methyl sites for hydroxylation is 2. The van der Waals surface area contributed by atoms with Gasteiger partial charge in [-0.05, 0) is 19.2 Å². The first kappa shape index (κ1) is 8.40. The number of rotatable bonds is 1. The van der Waals surface area contributed by atoms with Gasteiger partial charge < -0.3 is 4.57 Å². The maximum Gasteiger partial charge on any atom is 0.253 e. The molecule has 0 spiro atoms. The van der Waals surface area contributed by atoms with Crippen LogP contribution >= 0.6 is 11.8 Å². The number of nitrogens with zero attached hydrogens (tertiary/aromatic N) is 1. The zero-order valence-electron chi connectivity index (χ0n) is 6.92. The van der Waals surface area contributed by atoms with Gasteiger partial charge >= 0.3 is 0 Å². The second kappa shape index (κ2) is 3.13. The number of hydrogen-bond acceptors (Lipinski definition) is 2. The number of aromatic nitrogens is 1. The van der Waals surface area contributed by atoms with E-state index >= 15 is 0 Å². The van der Waals surface area contributed by atoms with Gasteiger partial charge in [-0.2, -0.15) is 0 Å². The van der Waals surface area contributed by atoms with Crippen LogP contribution in [0.3, 0.4) is 0 Å². The van der Waals surface area contributed by atoms with E-state index in [2.05, 4.69) is 0 Å². The van der Waals surface area contributed by atoms with E-state index in [1.165, 1.54) is 0 Å². The standard InChI is InChI=1S/C8H11NOS/c1-6-4-7(11-3)5-9(2)8(6)10/h4-5H,1-3H3. The molecule has 2 nitrogen and oxygen atoms in total. The molecule has 0 aliphatic rings. The predicted octanol–water partition coefficient (Wildman–Crippen LogP) is 1.42. The molecule has 3 heteroatoms. The van der Waals surface area contributed by atoms with Gasteiger partial charge in [0.05, 0.1) is 0 Å². The van der Waals surface area contributed by atoms with Crippen LogP contribution < -0.4 is 5.56 Å². The van der Waals surface area contributed by atoms with Crippen LogP contribution in [0.5, 0.6) is 0 Å². The van der Waals surface area contributed by atoms with E-state index in [9.17, 15) is 4.79 Å². The average Bonchev–Trinajstić information content (AvgIpc) is 1.99. The SMILES string of the molecule is CSc1cc(C)c(=O)n(C)c1. The minimum Gasteiger partial charge on any atom is -0.317 e. The van der Waals surface area contributed by atoms with Crippen LogP contribution in [0.1, 0.15) is 5.56 Å². The van der Waals surface area contributed by atoms with Gasteiger partial charge in [-0.25, -0.2) is 0 Å². The molecule has 0 atom stereocenters. The smallest absolute Gasteiger partial charge is 0.253 e. The molecule has 0 aliphatic carbocycles. The molecular formula is C8H11NOS. The van der Waals surface area contributed by atoms with Gasteiger partial charge in [-0.3, -0.25) is 4.79 Å². The second-order valence-corrected chi connectivity index (χ2v) is 3.36. The van der Waals surface area contributed by atoms with Gasteiger partial charge in [0.1, 0.15) is 0 Å². The summed E-state index contributed by atoms with van der Waals surface area (Å²) in [5, 5.41) is 0. The fourth-order valence-electron chi connectivity index (χ4n) is 0.952. The highest BCUT2D eigenvalue weighted by Gasteiger charge is 1.97. The van der Waals surface area contributed by atoms with Gasteiger partial charge in [0, 0.05) is 23.7 Å². The van der Waals surface area contributed by atoms with E-state index < -0.39 is 0 Å². The zero-order chi connectivity index (χ0) is 8.43. The summed E-state index contributed by atoms with van der Waals surface area (Å²) in [6.45, 7) is 1.84. The number of hydrogen-bond donors (Lipinski definition) is 0. The minimum atomic E-state index is 0.0859. The minimum absolute atomic E-state index is 0.0859. The summed E-state index contributed by atoms with van der Waals surface area (Å²) in [4.78, 5) is 12.3. The highest BCUT2D eigenvalue weighted by atomic mass is 32.2. The van der Waals surface area contributed by atoms with Crippen molar-refractivity contribution < 1.29 is 0 Å². The van der Waals surface area contributed by atoms with Crippen molar-refractivity contribution in [1.82, 2.24) is 4.57 Å². The quantitative estimate of drug-likeness (QED) is 0.593. The van der Waals surface area contributed by atoms with Gasteiger partial charge in [0.15, 0.2) is 0 Å². The van der Waals surface area contributed by atoms with E-state index in [1.54, 1.807) is 23.4 Å². The molecule has 0 aromatic carbocycles.